The summed E-state index contributed by atoms with van der Waals surface area (Å²) in [5.74, 6) is 0.0494. The largest absolute Gasteiger partial charge is 0.492 e. The van der Waals surface area contributed by atoms with Crippen LogP contribution in [-0.4, -0.2) is 24.3 Å². The van der Waals surface area contributed by atoms with Gasteiger partial charge in [-0.15, -0.1) is 0 Å². The molecule has 0 aromatic heterocycles. The summed E-state index contributed by atoms with van der Waals surface area (Å²) in [6.45, 7) is 1.14. The van der Waals surface area contributed by atoms with Crippen LogP contribution in [0.15, 0.2) is 0 Å². The minimum atomic E-state index is -0.963. The molecule has 18 heavy (non-hydrogen) atoms. The highest BCUT2D eigenvalue weighted by atomic mass is 16.5. The van der Waals surface area contributed by atoms with E-state index in [-0.39, 0.29) is 5.56 Å². The van der Waals surface area contributed by atoms with Gasteiger partial charge in [0.2, 0.25) is 0 Å². The summed E-state index contributed by atoms with van der Waals surface area (Å²) in [4.78, 5) is 11.5. The SMILES string of the molecule is Nc1c2c(c(C(=O)O)c3c1OCCC3)OCCC2. The number of benzene rings is 1. The Kier molecular flexibility index (Phi) is 2.54. The Bertz CT molecular complexity index is 487. The van der Waals surface area contributed by atoms with Crippen molar-refractivity contribution in [2.75, 3.05) is 18.9 Å². The Labute approximate surface area is 104 Å². The molecule has 5 nitrogen and oxygen atoms in total. The van der Waals surface area contributed by atoms with Crippen LogP contribution >= 0.6 is 0 Å². The quantitative estimate of drug-likeness (QED) is 0.739. The maximum absolute atomic E-state index is 11.5. The first-order valence-corrected chi connectivity index (χ1v) is 6.16. The van der Waals surface area contributed by atoms with Crippen molar-refractivity contribution in [1.82, 2.24) is 0 Å². The standard InChI is InChI=1S/C13H15NO4/c14-10-8-4-2-5-17-11(8)9(13(15)16)7-3-1-6-18-12(7)10/h1-6,14H2,(H,15,16). The lowest BCUT2D eigenvalue weighted by molar-refractivity contribution is 0.0688. The molecule has 2 heterocycles. The number of rotatable bonds is 1. The van der Waals surface area contributed by atoms with Gasteiger partial charge in [-0.05, 0) is 25.7 Å². The van der Waals surface area contributed by atoms with Gasteiger partial charge in [-0.2, -0.15) is 0 Å². The second kappa shape index (κ2) is 4.08. The van der Waals surface area contributed by atoms with Crippen LogP contribution in [0.2, 0.25) is 0 Å². The van der Waals surface area contributed by atoms with Crippen molar-refractivity contribution >= 4 is 11.7 Å². The highest BCUT2D eigenvalue weighted by Gasteiger charge is 2.31. The molecule has 5 heteroatoms. The van der Waals surface area contributed by atoms with Gasteiger partial charge in [0.1, 0.15) is 17.1 Å². The van der Waals surface area contributed by atoms with Crippen LogP contribution in [0.1, 0.15) is 34.3 Å². The molecule has 0 atom stereocenters. The Hall–Kier alpha value is -1.91. The number of hydrogen-bond acceptors (Lipinski definition) is 4. The number of carboxylic acids is 1. The van der Waals surface area contributed by atoms with E-state index in [9.17, 15) is 9.90 Å². The number of nitrogens with two attached hydrogens (primary N) is 1. The van der Waals surface area contributed by atoms with Crippen molar-refractivity contribution in [3.05, 3.63) is 16.7 Å². The van der Waals surface area contributed by atoms with Gasteiger partial charge in [0, 0.05) is 11.1 Å². The topological polar surface area (TPSA) is 81.8 Å². The van der Waals surface area contributed by atoms with Crippen LogP contribution in [-0.2, 0) is 12.8 Å². The third-order valence-corrected chi connectivity index (χ3v) is 3.50. The molecule has 1 aromatic rings. The van der Waals surface area contributed by atoms with Gasteiger partial charge in [-0.25, -0.2) is 4.79 Å². The zero-order valence-corrected chi connectivity index (χ0v) is 9.99. The molecule has 0 aliphatic carbocycles. The van der Waals surface area contributed by atoms with E-state index in [1.54, 1.807) is 0 Å². The average molecular weight is 249 g/mol. The Morgan fingerprint density at radius 2 is 1.67 bits per heavy atom. The van der Waals surface area contributed by atoms with Crippen LogP contribution in [0, 0.1) is 0 Å². The van der Waals surface area contributed by atoms with Crippen molar-refractivity contribution in [2.24, 2.45) is 0 Å². The maximum Gasteiger partial charge on any atom is 0.339 e. The number of ether oxygens (including phenoxy) is 2. The van der Waals surface area contributed by atoms with Gasteiger partial charge in [0.15, 0.2) is 0 Å². The van der Waals surface area contributed by atoms with E-state index in [0.717, 1.165) is 24.8 Å². The Morgan fingerprint density at radius 1 is 1.06 bits per heavy atom. The smallest absolute Gasteiger partial charge is 0.339 e. The summed E-state index contributed by atoms with van der Waals surface area (Å²) in [7, 11) is 0. The minimum Gasteiger partial charge on any atom is -0.492 e. The lowest BCUT2D eigenvalue weighted by atomic mass is 9.91. The fourth-order valence-electron chi connectivity index (χ4n) is 2.71. The van der Waals surface area contributed by atoms with Crippen molar-refractivity contribution in [3.8, 4) is 11.5 Å². The number of fused-ring (bicyclic) bond motifs is 2. The zero-order valence-electron chi connectivity index (χ0n) is 9.99. The lowest BCUT2D eigenvalue weighted by Crippen LogP contribution is -2.21. The minimum absolute atomic E-state index is 0.244. The normalized spacial score (nSPS) is 17.1. The molecule has 0 spiro atoms. The predicted molar refractivity (Wildman–Crippen MR) is 65.4 cm³/mol. The zero-order chi connectivity index (χ0) is 12.7. The van der Waals surface area contributed by atoms with Gasteiger partial charge in [-0.3, -0.25) is 0 Å². The molecule has 0 amide bonds. The van der Waals surface area contributed by atoms with E-state index >= 15 is 0 Å². The molecule has 0 unspecified atom stereocenters. The van der Waals surface area contributed by atoms with Crippen molar-refractivity contribution in [1.29, 1.82) is 0 Å². The van der Waals surface area contributed by atoms with Gasteiger partial charge in [0.25, 0.3) is 0 Å². The Balaban J connectivity index is 2.31. The van der Waals surface area contributed by atoms with Crippen LogP contribution in [0.5, 0.6) is 11.5 Å². The summed E-state index contributed by atoms with van der Waals surface area (Å²) in [5.41, 5.74) is 8.38. The molecule has 1 aromatic carbocycles. The summed E-state index contributed by atoms with van der Waals surface area (Å²) >= 11 is 0. The molecule has 0 bridgehead atoms. The fourth-order valence-corrected chi connectivity index (χ4v) is 2.71. The van der Waals surface area contributed by atoms with Gasteiger partial charge < -0.3 is 20.3 Å². The average Bonchev–Trinajstić information content (AvgIpc) is 2.39. The van der Waals surface area contributed by atoms with E-state index in [1.807, 2.05) is 0 Å². The molecule has 2 aliphatic heterocycles. The number of anilines is 1. The summed E-state index contributed by atoms with van der Waals surface area (Å²) in [6.07, 6.45) is 3.09. The second-order valence-corrected chi connectivity index (χ2v) is 4.61. The van der Waals surface area contributed by atoms with E-state index in [2.05, 4.69) is 0 Å². The lowest BCUT2D eigenvalue weighted by Gasteiger charge is -2.28. The molecule has 0 saturated heterocycles. The van der Waals surface area contributed by atoms with E-state index in [1.165, 1.54) is 0 Å². The van der Waals surface area contributed by atoms with E-state index in [0.29, 0.717) is 42.4 Å². The molecular weight excluding hydrogens is 234 g/mol. The molecule has 0 saturated carbocycles. The fraction of sp³-hybridized carbons (Fsp3) is 0.462. The second-order valence-electron chi connectivity index (χ2n) is 4.61. The third kappa shape index (κ3) is 1.50. The number of carboxylic acid groups (broad SMARTS) is 1. The first-order chi connectivity index (χ1) is 8.70. The molecule has 96 valence electrons. The molecule has 2 aliphatic rings. The highest BCUT2D eigenvalue weighted by molar-refractivity contribution is 5.96. The van der Waals surface area contributed by atoms with E-state index in [4.69, 9.17) is 15.2 Å². The monoisotopic (exact) mass is 249 g/mol. The van der Waals surface area contributed by atoms with Crippen LogP contribution < -0.4 is 15.2 Å². The highest BCUT2D eigenvalue weighted by Crippen LogP contribution is 2.45. The third-order valence-electron chi connectivity index (χ3n) is 3.50. The van der Waals surface area contributed by atoms with Crippen LogP contribution in [0.4, 0.5) is 5.69 Å². The van der Waals surface area contributed by atoms with Crippen molar-refractivity contribution < 1.29 is 19.4 Å². The van der Waals surface area contributed by atoms with Gasteiger partial charge >= 0.3 is 5.97 Å². The molecule has 0 fully saturated rings. The Morgan fingerprint density at radius 3 is 2.33 bits per heavy atom. The van der Waals surface area contributed by atoms with E-state index < -0.39 is 5.97 Å². The summed E-state index contributed by atoms with van der Waals surface area (Å²) < 4.78 is 11.1. The molecule has 3 N–H and O–H groups in total. The van der Waals surface area contributed by atoms with Crippen molar-refractivity contribution in [2.45, 2.75) is 25.7 Å². The maximum atomic E-state index is 11.5. The van der Waals surface area contributed by atoms with Crippen LogP contribution in [0.25, 0.3) is 0 Å². The number of carbonyl (C=O) groups is 1. The van der Waals surface area contributed by atoms with Gasteiger partial charge in [-0.1, -0.05) is 0 Å². The summed E-state index contributed by atoms with van der Waals surface area (Å²) in [6, 6.07) is 0. The first-order valence-electron chi connectivity index (χ1n) is 6.16. The predicted octanol–water partition coefficient (Wildman–Crippen LogP) is 1.62. The number of aromatic carboxylic acids is 1. The number of nitrogen functional groups attached to an aromatic ring is 1. The van der Waals surface area contributed by atoms with Gasteiger partial charge in [0.05, 0.1) is 18.9 Å². The molecule has 3 rings (SSSR count). The first kappa shape index (κ1) is 11.2. The molecular formula is C13H15NO4. The summed E-state index contributed by atoms with van der Waals surface area (Å²) in [5, 5.41) is 9.41. The van der Waals surface area contributed by atoms with Crippen molar-refractivity contribution in [3.63, 3.8) is 0 Å². The number of hydrogen-bond donors (Lipinski definition) is 2. The van der Waals surface area contributed by atoms with Crippen LogP contribution in [0.3, 0.4) is 0 Å². The molecule has 0 radical (unpaired) electrons.